The average Bonchev–Trinajstić information content (AvgIpc) is 2.26. The fourth-order valence-electron chi connectivity index (χ4n) is 1.13. The van der Waals surface area contributed by atoms with Gasteiger partial charge >= 0.3 is 5.76 Å². The van der Waals surface area contributed by atoms with Gasteiger partial charge in [0.05, 0.1) is 12.8 Å². The van der Waals surface area contributed by atoms with Crippen LogP contribution in [0.2, 0.25) is 0 Å². The van der Waals surface area contributed by atoms with E-state index in [4.69, 9.17) is 15.4 Å². The van der Waals surface area contributed by atoms with Crippen molar-refractivity contribution in [3.05, 3.63) is 18.2 Å². The van der Waals surface area contributed by atoms with Gasteiger partial charge in [-0.15, -0.1) is 0 Å². The largest absolute Gasteiger partial charge is 0.497 e. The maximum atomic E-state index is 12.2. The van der Waals surface area contributed by atoms with E-state index in [1.807, 2.05) is 0 Å². The van der Waals surface area contributed by atoms with Crippen LogP contribution in [0.25, 0.3) is 0 Å². The fourth-order valence-corrected chi connectivity index (χ4v) is 2.76. The van der Waals surface area contributed by atoms with Crippen LogP contribution in [-0.2, 0) is 19.1 Å². The summed E-state index contributed by atoms with van der Waals surface area (Å²) in [5.74, 6) is -3.65. The highest BCUT2D eigenvalue weighted by Gasteiger charge is 2.27. The Bertz CT molecular complexity index is 674. The molecule has 1 N–H and O–H groups in total. The van der Waals surface area contributed by atoms with Crippen LogP contribution in [0.5, 0.6) is 5.75 Å². The lowest BCUT2D eigenvalue weighted by molar-refractivity contribution is 0.236. The summed E-state index contributed by atoms with van der Waals surface area (Å²) in [6.07, 6.45) is 0. The monoisotopic (exact) mass is 335 g/mol. The van der Waals surface area contributed by atoms with Crippen molar-refractivity contribution in [2.45, 2.75) is 10.7 Å². The number of alkyl halides is 2. The Morgan fingerprint density at radius 3 is 2.26 bits per heavy atom. The first-order valence-corrected chi connectivity index (χ1v) is 8.36. The molecule has 108 valence electrons. The smallest absolute Gasteiger partial charge is 0.355 e. The number of benzene rings is 1. The van der Waals surface area contributed by atoms with E-state index in [0.717, 1.165) is 12.1 Å². The predicted molar refractivity (Wildman–Crippen MR) is 64.6 cm³/mol. The molecular formula is C8H8ClF2NO5S2. The van der Waals surface area contributed by atoms with E-state index in [1.165, 1.54) is 17.9 Å². The molecule has 0 saturated heterocycles. The lowest BCUT2D eigenvalue weighted by Gasteiger charge is -2.11. The Hall–Kier alpha value is -1.13. The zero-order chi connectivity index (χ0) is 14.8. The van der Waals surface area contributed by atoms with Crippen molar-refractivity contribution in [1.82, 2.24) is 0 Å². The minimum absolute atomic E-state index is 0.0658. The molecule has 0 radical (unpaired) electrons. The fraction of sp³-hybridized carbons (Fsp3) is 0.250. The third kappa shape index (κ3) is 3.91. The molecule has 1 rings (SSSR count). The number of sulfonamides is 1. The SMILES string of the molecule is COc1ccc(S(=O)(=O)Cl)c(NS(=O)(=O)C(F)F)c1. The summed E-state index contributed by atoms with van der Waals surface area (Å²) >= 11 is 0. The molecule has 0 spiro atoms. The van der Waals surface area contributed by atoms with Crippen molar-refractivity contribution in [3.8, 4) is 5.75 Å². The Morgan fingerprint density at radius 1 is 1.26 bits per heavy atom. The minimum atomic E-state index is -5.02. The van der Waals surface area contributed by atoms with Crippen molar-refractivity contribution < 1.29 is 30.4 Å². The van der Waals surface area contributed by atoms with Crippen LogP contribution in [0.4, 0.5) is 14.5 Å². The van der Waals surface area contributed by atoms with Gasteiger partial charge in [-0.05, 0) is 12.1 Å². The predicted octanol–water partition coefficient (Wildman–Crippen LogP) is 1.59. The number of methoxy groups -OCH3 is 1. The van der Waals surface area contributed by atoms with Gasteiger partial charge < -0.3 is 4.74 Å². The summed E-state index contributed by atoms with van der Waals surface area (Å²) in [6.45, 7) is 0. The molecule has 1 aromatic carbocycles. The molecular weight excluding hydrogens is 328 g/mol. The van der Waals surface area contributed by atoms with Crippen LogP contribution < -0.4 is 9.46 Å². The van der Waals surface area contributed by atoms with E-state index >= 15 is 0 Å². The Labute approximate surface area is 112 Å². The third-order valence-corrected chi connectivity index (χ3v) is 4.29. The first kappa shape index (κ1) is 15.9. The highest BCUT2D eigenvalue weighted by molar-refractivity contribution is 8.14. The quantitative estimate of drug-likeness (QED) is 0.825. The lowest BCUT2D eigenvalue weighted by Crippen LogP contribution is -2.21. The van der Waals surface area contributed by atoms with Crippen molar-refractivity contribution in [2.24, 2.45) is 0 Å². The molecule has 0 aliphatic heterocycles. The number of rotatable bonds is 5. The van der Waals surface area contributed by atoms with Crippen molar-refractivity contribution in [2.75, 3.05) is 11.8 Å². The first-order chi connectivity index (χ1) is 8.58. The Kier molecular flexibility index (Phi) is 4.59. The summed E-state index contributed by atoms with van der Waals surface area (Å²) in [7, 11) is -3.02. The average molecular weight is 336 g/mol. The van der Waals surface area contributed by atoms with Crippen molar-refractivity contribution >= 4 is 35.4 Å². The molecule has 0 unspecified atom stereocenters. The van der Waals surface area contributed by atoms with Gasteiger partial charge in [0.25, 0.3) is 19.1 Å². The van der Waals surface area contributed by atoms with Crippen LogP contribution in [-0.4, -0.2) is 29.7 Å². The van der Waals surface area contributed by atoms with Gasteiger partial charge in [0.15, 0.2) is 0 Å². The molecule has 0 heterocycles. The van der Waals surface area contributed by atoms with E-state index in [0.29, 0.717) is 0 Å². The number of hydrogen-bond acceptors (Lipinski definition) is 5. The number of nitrogens with one attached hydrogen (secondary N) is 1. The summed E-state index contributed by atoms with van der Waals surface area (Å²) in [5, 5.41) is 0. The molecule has 0 fully saturated rings. The Balaban J connectivity index is 3.40. The second kappa shape index (κ2) is 5.47. The summed E-state index contributed by atoms with van der Waals surface area (Å²) in [5.41, 5.74) is -0.616. The molecule has 1 aromatic rings. The van der Waals surface area contributed by atoms with Gasteiger partial charge in [-0.3, -0.25) is 4.72 Å². The highest BCUT2D eigenvalue weighted by Crippen LogP contribution is 2.30. The van der Waals surface area contributed by atoms with E-state index in [2.05, 4.69) is 0 Å². The van der Waals surface area contributed by atoms with Crippen LogP contribution in [0.1, 0.15) is 0 Å². The number of hydrogen-bond donors (Lipinski definition) is 1. The number of anilines is 1. The van der Waals surface area contributed by atoms with Crippen molar-refractivity contribution in [1.29, 1.82) is 0 Å². The first-order valence-electron chi connectivity index (χ1n) is 4.50. The summed E-state index contributed by atoms with van der Waals surface area (Å²) in [4.78, 5) is -0.654. The second-order valence-electron chi connectivity index (χ2n) is 3.21. The highest BCUT2D eigenvalue weighted by atomic mass is 35.7. The van der Waals surface area contributed by atoms with Crippen LogP contribution in [0.3, 0.4) is 0 Å². The van der Waals surface area contributed by atoms with Crippen LogP contribution in [0, 0.1) is 0 Å². The molecule has 0 saturated carbocycles. The van der Waals surface area contributed by atoms with Gasteiger partial charge in [0, 0.05) is 16.7 Å². The minimum Gasteiger partial charge on any atom is -0.497 e. The van der Waals surface area contributed by atoms with Gasteiger partial charge in [-0.1, -0.05) is 0 Å². The lowest BCUT2D eigenvalue weighted by atomic mass is 10.3. The van der Waals surface area contributed by atoms with E-state index in [-0.39, 0.29) is 5.75 Å². The van der Waals surface area contributed by atoms with Gasteiger partial charge in [0.2, 0.25) is 0 Å². The van der Waals surface area contributed by atoms with Gasteiger partial charge in [-0.2, -0.15) is 8.78 Å². The summed E-state index contributed by atoms with van der Waals surface area (Å²) in [6, 6.07) is 3.05. The Morgan fingerprint density at radius 2 is 1.84 bits per heavy atom. The van der Waals surface area contributed by atoms with Gasteiger partial charge in [-0.25, -0.2) is 16.8 Å². The molecule has 0 amide bonds. The molecule has 11 heteroatoms. The van der Waals surface area contributed by atoms with Gasteiger partial charge in [0.1, 0.15) is 10.6 Å². The van der Waals surface area contributed by atoms with Crippen molar-refractivity contribution in [3.63, 3.8) is 0 Å². The molecule has 0 aromatic heterocycles. The van der Waals surface area contributed by atoms with E-state index < -0.39 is 35.4 Å². The number of halogens is 3. The maximum absolute atomic E-state index is 12.2. The maximum Gasteiger partial charge on any atom is 0.355 e. The number of ether oxygens (including phenoxy) is 1. The van der Waals surface area contributed by atoms with E-state index in [9.17, 15) is 25.6 Å². The molecule has 6 nitrogen and oxygen atoms in total. The summed E-state index contributed by atoms with van der Waals surface area (Å²) < 4.78 is 75.2. The topological polar surface area (TPSA) is 89.5 Å². The molecule has 0 aliphatic rings. The van der Waals surface area contributed by atoms with Crippen LogP contribution in [0.15, 0.2) is 23.1 Å². The molecule has 19 heavy (non-hydrogen) atoms. The third-order valence-electron chi connectivity index (χ3n) is 1.94. The molecule has 0 bridgehead atoms. The zero-order valence-electron chi connectivity index (χ0n) is 9.30. The standard InChI is InChI=1S/C8H8ClF2NO5S2/c1-17-5-2-3-7(18(9,13)14)6(4-5)12-19(15,16)8(10)11/h2-4,8,12H,1H3. The van der Waals surface area contributed by atoms with E-state index in [1.54, 1.807) is 0 Å². The molecule has 0 atom stereocenters. The molecule has 0 aliphatic carbocycles. The second-order valence-corrected chi connectivity index (χ2v) is 7.39. The normalized spacial score (nSPS) is 12.5. The van der Waals surface area contributed by atoms with Crippen LogP contribution >= 0.6 is 10.7 Å². The zero-order valence-corrected chi connectivity index (χ0v) is 11.7.